The first-order valence-electron chi connectivity index (χ1n) is 19.0. The third kappa shape index (κ3) is 4.39. The van der Waals surface area contributed by atoms with Crippen LogP contribution in [0, 0.1) is 0 Å². The first-order valence-corrected chi connectivity index (χ1v) is 19.0. The van der Waals surface area contributed by atoms with Gasteiger partial charge in [0.2, 0.25) is 5.95 Å². The van der Waals surface area contributed by atoms with Crippen molar-refractivity contribution in [3.8, 4) is 34.3 Å². The summed E-state index contributed by atoms with van der Waals surface area (Å²) in [6, 6.07) is 66.4. The third-order valence-electron chi connectivity index (χ3n) is 11.3. The maximum absolute atomic E-state index is 5.36. The fraction of sp³-hybridized carbons (Fsp3) is 0. The average molecular weight is 714 g/mol. The number of hydrogen-bond donors (Lipinski definition) is 0. The Bertz CT molecular complexity index is 3510. The number of para-hydroxylation sites is 3. The molecule has 5 nitrogen and oxygen atoms in total. The Kier molecular flexibility index (Phi) is 6.56. The molecule has 0 N–H and O–H groups in total. The zero-order valence-corrected chi connectivity index (χ0v) is 30.1. The quantitative estimate of drug-likeness (QED) is 0.171. The van der Waals surface area contributed by atoms with Crippen molar-refractivity contribution in [1.82, 2.24) is 24.1 Å². The lowest BCUT2D eigenvalue weighted by atomic mass is 9.91. The van der Waals surface area contributed by atoms with Crippen LogP contribution in [-0.2, 0) is 0 Å². The van der Waals surface area contributed by atoms with Crippen LogP contribution in [0.2, 0.25) is 0 Å². The summed E-state index contributed by atoms with van der Waals surface area (Å²) in [4.78, 5) is 16.0. The Morgan fingerprint density at radius 1 is 0.321 bits per heavy atom. The van der Waals surface area contributed by atoms with E-state index in [1.807, 2.05) is 6.07 Å². The van der Waals surface area contributed by atoms with E-state index in [1.165, 1.54) is 37.7 Å². The molecule has 0 spiro atoms. The van der Waals surface area contributed by atoms with Crippen LogP contribution in [0.15, 0.2) is 188 Å². The molecule has 3 aromatic heterocycles. The fourth-order valence-electron chi connectivity index (χ4n) is 8.95. The minimum atomic E-state index is 0.648. The first-order chi connectivity index (χ1) is 27.8. The van der Waals surface area contributed by atoms with Gasteiger partial charge in [0, 0.05) is 43.7 Å². The molecule has 0 amide bonds. The summed E-state index contributed by atoms with van der Waals surface area (Å²) in [7, 11) is 0. The molecule has 5 heteroatoms. The standard InChI is InChI=1S/C51H31N5/c1-4-16-32(17-5-1)48-38-24-12-14-26-41(38)53-51(54-48)56-43-27-15-13-25-39(43)47-44(56)31-29-40-45(47)36-23-11-10-22-35(36)37-28-30-42-49(46(37)40)55(34-20-8-3-9-21-34)50(52-42)33-18-6-2-7-19-33/h1-31H. The number of aromatic nitrogens is 5. The molecule has 260 valence electrons. The van der Waals surface area contributed by atoms with E-state index in [9.17, 15) is 0 Å². The predicted octanol–water partition coefficient (Wildman–Crippen LogP) is 12.9. The van der Waals surface area contributed by atoms with Gasteiger partial charge in [0.25, 0.3) is 0 Å². The van der Waals surface area contributed by atoms with E-state index in [0.29, 0.717) is 5.95 Å². The van der Waals surface area contributed by atoms with Crippen molar-refractivity contribution in [3.63, 3.8) is 0 Å². The molecule has 0 saturated heterocycles. The molecule has 0 bridgehead atoms. The van der Waals surface area contributed by atoms with Crippen molar-refractivity contribution in [2.24, 2.45) is 0 Å². The molecule has 0 aliphatic carbocycles. The number of benzene rings is 9. The topological polar surface area (TPSA) is 48.5 Å². The molecule has 0 atom stereocenters. The van der Waals surface area contributed by atoms with Crippen LogP contribution in [0.4, 0.5) is 0 Å². The fourth-order valence-corrected chi connectivity index (χ4v) is 8.95. The predicted molar refractivity (Wildman–Crippen MR) is 232 cm³/mol. The minimum Gasteiger partial charge on any atom is -0.292 e. The van der Waals surface area contributed by atoms with Crippen LogP contribution in [0.5, 0.6) is 0 Å². The van der Waals surface area contributed by atoms with E-state index in [1.54, 1.807) is 0 Å². The monoisotopic (exact) mass is 713 g/mol. The molecule has 12 rings (SSSR count). The van der Waals surface area contributed by atoms with Gasteiger partial charge in [-0.3, -0.25) is 9.13 Å². The SMILES string of the molecule is c1ccc(-c2nc(-n3c4ccccc4c4c5c6ccccc6c6ccc7nc(-c8ccccc8)n(-c8ccccc8)c7c6c5ccc43)nc3ccccc23)cc1. The van der Waals surface area contributed by atoms with Crippen LogP contribution in [0.3, 0.4) is 0 Å². The van der Waals surface area contributed by atoms with E-state index in [4.69, 9.17) is 15.0 Å². The normalized spacial score (nSPS) is 11.9. The second-order valence-electron chi connectivity index (χ2n) is 14.4. The van der Waals surface area contributed by atoms with Gasteiger partial charge in [-0.05, 0) is 57.9 Å². The summed E-state index contributed by atoms with van der Waals surface area (Å²) in [5, 5.41) is 10.6. The van der Waals surface area contributed by atoms with Gasteiger partial charge < -0.3 is 0 Å². The molecule has 0 radical (unpaired) electrons. The van der Waals surface area contributed by atoms with Crippen LogP contribution in [0.1, 0.15) is 0 Å². The van der Waals surface area contributed by atoms with Crippen molar-refractivity contribution in [2.75, 3.05) is 0 Å². The Hall–Kier alpha value is -7.63. The largest absolute Gasteiger partial charge is 0.292 e. The summed E-state index contributed by atoms with van der Waals surface area (Å²) in [6.45, 7) is 0. The summed E-state index contributed by atoms with van der Waals surface area (Å²) < 4.78 is 4.60. The molecule has 3 heterocycles. The van der Waals surface area contributed by atoms with E-state index in [0.717, 1.165) is 66.7 Å². The Labute approximate surface area is 321 Å². The third-order valence-corrected chi connectivity index (χ3v) is 11.3. The van der Waals surface area contributed by atoms with Gasteiger partial charge in [0.05, 0.1) is 33.3 Å². The first kappa shape index (κ1) is 30.8. The average Bonchev–Trinajstić information content (AvgIpc) is 3.83. The van der Waals surface area contributed by atoms with Gasteiger partial charge in [0.1, 0.15) is 5.82 Å². The van der Waals surface area contributed by atoms with Crippen LogP contribution < -0.4 is 0 Å². The Morgan fingerprint density at radius 3 is 1.71 bits per heavy atom. The van der Waals surface area contributed by atoms with Crippen molar-refractivity contribution < 1.29 is 0 Å². The van der Waals surface area contributed by atoms with Crippen molar-refractivity contribution in [1.29, 1.82) is 0 Å². The lowest BCUT2D eigenvalue weighted by Gasteiger charge is -2.16. The van der Waals surface area contributed by atoms with E-state index >= 15 is 0 Å². The summed E-state index contributed by atoms with van der Waals surface area (Å²) in [5.74, 6) is 1.57. The smallest absolute Gasteiger partial charge is 0.235 e. The molecular formula is C51H31N5. The van der Waals surface area contributed by atoms with Gasteiger partial charge in [-0.1, -0.05) is 152 Å². The molecule has 0 saturated carbocycles. The number of rotatable bonds is 4. The second-order valence-corrected chi connectivity index (χ2v) is 14.4. The van der Waals surface area contributed by atoms with Crippen LogP contribution in [-0.4, -0.2) is 24.1 Å². The highest BCUT2D eigenvalue weighted by Gasteiger charge is 2.24. The van der Waals surface area contributed by atoms with Crippen LogP contribution >= 0.6 is 0 Å². The minimum absolute atomic E-state index is 0.648. The molecule has 0 aliphatic heterocycles. The highest BCUT2D eigenvalue weighted by molar-refractivity contribution is 6.38. The van der Waals surface area contributed by atoms with E-state index in [-0.39, 0.29) is 0 Å². The van der Waals surface area contributed by atoms with Crippen molar-refractivity contribution >= 4 is 76.1 Å². The zero-order chi connectivity index (χ0) is 36.7. The van der Waals surface area contributed by atoms with Crippen molar-refractivity contribution in [2.45, 2.75) is 0 Å². The van der Waals surface area contributed by atoms with Crippen LogP contribution in [0.25, 0.3) is 110 Å². The highest BCUT2D eigenvalue weighted by atomic mass is 15.2. The molecule has 0 unspecified atom stereocenters. The number of nitrogens with zero attached hydrogens (tertiary/aromatic N) is 5. The second kappa shape index (κ2) is 11.9. The summed E-state index contributed by atoms with van der Waals surface area (Å²) >= 11 is 0. The van der Waals surface area contributed by atoms with E-state index in [2.05, 4.69) is 191 Å². The lowest BCUT2D eigenvalue weighted by Crippen LogP contribution is -2.03. The molecule has 9 aromatic carbocycles. The number of fused-ring (bicyclic) bond motifs is 13. The van der Waals surface area contributed by atoms with Gasteiger partial charge in [-0.25, -0.2) is 15.0 Å². The van der Waals surface area contributed by atoms with Gasteiger partial charge >= 0.3 is 0 Å². The van der Waals surface area contributed by atoms with Gasteiger partial charge in [0.15, 0.2) is 0 Å². The number of imidazole rings is 1. The molecule has 0 aliphatic rings. The summed E-state index contributed by atoms with van der Waals surface area (Å²) in [5.41, 5.74) is 9.20. The maximum Gasteiger partial charge on any atom is 0.235 e. The lowest BCUT2D eigenvalue weighted by molar-refractivity contribution is 1.01. The zero-order valence-electron chi connectivity index (χ0n) is 30.1. The number of hydrogen-bond acceptors (Lipinski definition) is 3. The Morgan fingerprint density at radius 2 is 0.929 bits per heavy atom. The van der Waals surface area contributed by atoms with Crippen molar-refractivity contribution in [3.05, 3.63) is 188 Å². The van der Waals surface area contributed by atoms with Gasteiger partial charge in [-0.15, -0.1) is 0 Å². The molecule has 56 heavy (non-hydrogen) atoms. The van der Waals surface area contributed by atoms with E-state index < -0.39 is 0 Å². The Balaban J connectivity index is 1.26. The molecule has 0 fully saturated rings. The maximum atomic E-state index is 5.36. The summed E-state index contributed by atoms with van der Waals surface area (Å²) in [6.07, 6.45) is 0. The molecular weight excluding hydrogens is 683 g/mol. The van der Waals surface area contributed by atoms with Gasteiger partial charge in [-0.2, -0.15) is 0 Å². The molecule has 12 aromatic rings. The highest BCUT2D eigenvalue weighted by Crippen LogP contribution is 2.46.